The molecule has 10 heteroatoms. The van der Waals surface area contributed by atoms with E-state index >= 15 is 0 Å². The molecule has 1 aliphatic heterocycles. The Bertz CT molecular complexity index is 871. The van der Waals surface area contributed by atoms with Gasteiger partial charge in [-0.2, -0.15) is 4.31 Å². The number of halogens is 1. The summed E-state index contributed by atoms with van der Waals surface area (Å²) in [5.74, 6) is -1.20. The number of carbonyl (C=O) groups is 2. The van der Waals surface area contributed by atoms with Crippen molar-refractivity contribution in [3.8, 4) is 0 Å². The number of ether oxygens (including phenoxy) is 2. The van der Waals surface area contributed by atoms with Crippen molar-refractivity contribution in [2.75, 3.05) is 46.0 Å². The van der Waals surface area contributed by atoms with Gasteiger partial charge in [0.1, 0.15) is 0 Å². The molecular weight excluding hydrogens is 464 g/mol. The van der Waals surface area contributed by atoms with Gasteiger partial charge in [-0.05, 0) is 34.1 Å². The lowest BCUT2D eigenvalue weighted by atomic mass is 10.2. The van der Waals surface area contributed by atoms with Crippen molar-refractivity contribution in [3.05, 3.63) is 53.5 Å². The SMILES string of the molecule is C=CCN(CC=C)C(=O)COC(=O)c1ccc(Br)c(S(=O)(=O)N2CCOCC2)c1. The molecule has 1 aromatic carbocycles. The first kappa shape index (κ1) is 23.3. The summed E-state index contributed by atoms with van der Waals surface area (Å²) >= 11 is 3.23. The maximum absolute atomic E-state index is 12.9. The molecular formula is C19H23BrN2O6S. The van der Waals surface area contributed by atoms with Gasteiger partial charge in [-0.3, -0.25) is 4.79 Å². The second-order valence-corrected chi connectivity index (χ2v) is 8.87. The zero-order chi connectivity index (χ0) is 21.4. The zero-order valence-corrected chi connectivity index (χ0v) is 18.3. The molecule has 1 heterocycles. The standard InChI is InChI=1S/C19H23BrN2O6S/c1-3-7-21(8-4-2)18(23)14-28-19(24)15-5-6-16(20)17(13-15)29(25,26)22-9-11-27-12-10-22/h3-6,13H,1-2,7-12,14H2. The van der Waals surface area contributed by atoms with Crippen LogP contribution in [0.15, 0.2) is 52.9 Å². The molecule has 8 nitrogen and oxygen atoms in total. The topological polar surface area (TPSA) is 93.2 Å². The largest absolute Gasteiger partial charge is 0.452 e. The van der Waals surface area contributed by atoms with Gasteiger partial charge in [0.2, 0.25) is 10.0 Å². The van der Waals surface area contributed by atoms with E-state index in [0.717, 1.165) is 0 Å². The maximum Gasteiger partial charge on any atom is 0.338 e. The molecule has 0 aliphatic carbocycles. The van der Waals surface area contributed by atoms with Gasteiger partial charge in [0.25, 0.3) is 5.91 Å². The van der Waals surface area contributed by atoms with Crippen LogP contribution in [0.2, 0.25) is 0 Å². The number of sulfonamides is 1. The summed E-state index contributed by atoms with van der Waals surface area (Å²) in [6, 6.07) is 4.14. The number of hydrogen-bond donors (Lipinski definition) is 0. The number of amides is 1. The Kier molecular flexibility index (Phi) is 8.57. The second-order valence-electron chi connectivity index (χ2n) is 6.11. The minimum atomic E-state index is -3.81. The summed E-state index contributed by atoms with van der Waals surface area (Å²) in [6.45, 7) is 8.37. The Labute approximate surface area is 178 Å². The Morgan fingerprint density at radius 3 is 2.41 bits per heavy atom. The molecule has 29 heavy (non-hydrogen) atoms. The molecule has 0 radical (unpaired) electrons. The first-order chi connectivity index (χ1) is 13.8. The molecule has 1 saturated heterocycles. The molecule has 0 saturated carbocycles. The first-order valence-corrected chi connectivity index (χ1v) is 11.1. The molecule has 1 aliphatic rings. The van der Waals surface area contributed by atoms with E-state index in [4.69, 9.17) is 9.47 Å². The third-order valence-electron chi connectivity index (χ3n) is 4.13. The maximum atomic E-state index is 12.9. The number of hydrogen-bond acceptors (Lipinski definition) is 6. The van der Waals surface area contributed by atoms with Crippen LogP contribution in [0.3, 0.4) is 0 Å². The number of nitrogens with zero attached hydrogens (tertiary/aromatic N) is 2. The fourth-order valence-electron chi connectivity index (χ4n) is 2.65. The van der Waals surface area contributed by atoms with Crippen molar-refractivity contribution in [1.29, 1.82) is 0 Å². The Hall–Kier alpha value is -2.01. The summed E-state index contributed by atoms with van der Waals surface area (Å²) in [7, 11) is -3.81. The van der Waals surface area contributed by atoms with Gasteiger partial charge in [0, 0.05) is 30.7 Å². The molecule has 1 aromatic rings. The minimum absolute atomic E-state index is 0.0341. The lowest BCUT2D eigenvalue weighted by Crippen LogP contribution is -2.40. The van der Waals surface area contributed by atoms with E-state index < -0.39 is 28.5 Å². The molecule has 0 aromatic heterocycles. The van der Waals surface area contributed by atoms with E-state index in [2.05, 4.69) is 29.1 Å². The van der Waals surface area contributed by atoms with Crippen molar-refractivity contribution in [2.45, 2.75) is 4.90 Å². The van der Waals surface area contributed by atoms with E-state index in [9.17, 15) is 18.0 Å². The van der Waals surface area contributed by atoms with Gasteiger partial charge >= 0.3 is 5.97 Å². The molecule has 0 spiro atoms. The van der Waals surface area contributed by atoms with Crippen LogP contribution in [0.25, 0.3) is 0 Å². The van der Waals surface area contributed by atoms with Crippen molar-refractivity contribution < 1.29 is 27.5 Å². The average molecular weight is 487 g/mol. The van der Waals surface area contributed by atoms with Gasteiger partial charge < -0.3 is 14.4 Å². The van der Waals surface area contributed by atoms with Crippen LogP contribution in [0, 0.1) is 0 Å². The molecule has 1 fully saturated rings. The highest BCUT2D eigenvalue weighted by Gasteiger charge is 2.29. The number of benzene rings is 1. The highest BCUT2D eigenvalue weighted by atomic mass is 79.9. The molecule has 0 bridgehead atoms. The van der Waals surface area contributed by atoms with Crippen LogP contribution in [0.5, 0.6) is 0 Å². The molecule has 0 unspecified atom stereocenters. The smallest absolute Gasteiger partial charge is 0.338 e. The summed E-state index contributed by atoms with van der Waals surface area (Å²) in [5, 5.41) is 0. The third kappa shape index (κ3) is 5.99. The number of rotatable bonds is 9. The minimum Gasteiger partial charge on any atom is -0.452 e. The summed E-state index contributed by atoms with van der Waals surface area (Å²) < 4.78 is 37.7. The van der Waals surface area contributed by atoms with Gasteiger partial charge in [0.15, 0.2) is 6.61 Å². The lowest BCUT2D eigenvalue weighted by molar-refractivity contribution is -0.133. The van der Waals surface area contributed by atoms with Gasteiger partial charge in [-0.15, -0.1) is 13.2 Å². The number of esters is 1. The van der Waals surface area contributed by atoms with Crippen LogP contribution in [0.4, 0.5) is 0 Å². The van der Waals surface area contributed by atoms with Crippen LogP contribution in [0.1, 0.15) is 10.4 Å². The van der Waals surface area contributed by atoms with Gasteiger partial charge in [-0.1, -0.05) is 12.2 Å². The zero-order valence-electron chi connectivity index (χ0n) is 15.9. The predicted octanol–water partition coefficient (Wildman–Crippen LogP) is 1.83. The summed E-state index contributed by atoms with van der Waals surface area (Å²) in [6.07, 6.45) is 3.11. The Balaban J connectivity index is 2.13. The van der Waals surface area contributed by atoms with Crippen molar-refractivity contribution in [3.63, 3.8) is 0 Å². The van der Waals surface area contributed by atoms with Gasteiger partial charge in [-0.25, -0.2) is 13.2 Å². The van der Waals surface area contributed by atoms with Crippen LogP contribution in [-0.2, 0) is 24.3 Å². The van der Waals surface area contributed by atoms with Crippen LogP contribution >= 0.6 is 15.9 Å². The van der Waals surface area contributed by atoms with E-state index in [1.807, 2.05) is 0 Å². The summed E-state index contributed by atoms with van der Waals surface area (Å²) in [5.41, 5.74) is 0.0341. The number of morpholine rings is 1. The van der Waals surface area contributed by atoms with Crippen LogP contribution < -0.4 is 0 Å². The second kappa shape index (κ2) is 10.7. The highest BCUT2D eigenvalue weighted by Crippen LogP contribution is 2.27. The van der Waals surface area contributed by atoms with Crippen LogP contribution in [-0.4, -0.2) is 75.5 Å². The number of carbonyl (C=O) groups excluding carboxylic acids is 2. The quantitative estimate of drug-likeness (QED) is 0.390. The molecule has 1 amide bonds. The molecule has 0 N–H and O–H groups in total. The van der Waals surface area contributed by atoms with E-state index in [-0.39, 0.29) is 23.5 Å². The van der Waals surface area contributed by atoms with Crippen molar-refractivity contribution in [1.82, 2.24) is 9.21 Å². The van der Waals surface area contributed by atoms with Crippen molar-refractivity contribution >= 4 is 37.8 Å². The fraction of sp³-hybridized carbons (Fsp3) is 0.368. The van der Waals surface area contributed by atoms with Crippen molar-refractivity contribution in [2.24, 2.45) is 0 Å². The molecule has 158 valence electrons. The van der Waals surface area contributed by atoms with E-state index in [1.54, 1.807) is 12.2 Å². The average Bonchev–Trinajstić information content (AvgIpc) is 2.72. The summed E-state index contributed by atoms with van der Waals surface area (Å²) in [4.78, 5) is 25.9. The predicted molar refractivity (Wildman–Crippen MR) is 111 cm³/mol. The molecule has 0 atom stereocenters. The Morgan fingerprint density at radius 2 is 1.83 bits per heavy atom. The molecule has 2 rings (SSSR count). The van der Waals surface area contributed by atoms with E-state index in [0.29, 0.717) is 30.8 Å². The fourth-order valence-corrected chi connectivity index (χ4v) is 5.00. The first-order valence-electron chi connectivity index (χ1n) is 8.85. The third-order valence-corrected chi connectivity index (χ3v) is 7.03. The highest BCUT2D eigenvalue weighted by molar-refractivity contribution is 9.10. The van der Waals surface area contributed by atoms with Gasteiger partial charge in [0.05, 0.1) is 23.7 Å². The normalized spacial score (nSPS) is 14.8. The Morgan fingerprint density at radius 1 is 1.21 bits per heavy atom. The lowest BCUT2D eigenvalue weighted by Gasteiger charge is -2.26. The monoisotopic (exact) mass is 486 g/mol. The van der Waals surface area contributed by atoms with E-state index in [1.165, 1.54) is 27.4 Å².